The summed E-state index contributed by atoms with van der Waals surface area (Å²) in [6.07, 6.45) is 2.46. The molecule has 5 nitrogen and oxygen atoms in total. The summed E-state index contributed by atoms with van der Waals surface area (Å²) < 4.78 is 5.47. The number of nitrogens with zero attached hydrogens (tertiary/aromatic N) is 2. The van der Waals surface area contributed by atoms with Crippen LogP contribution in [0, 0.1) is 0 Å². The topological polar surface area (TPSA) is 49.9 Å². The molecule has 0 spiro atoms. The first-order chi connectivity index (χ1) is 11.3. The Labute approximate surface area is 143 Å². The Morgan fingerprint density at radius 2 is 2.00 bits per heavy atom. The van der Waals surface area contributed by atoms with E-state index in [1.54, 1.807) is 4.90 Å². The molecule has 0 aliphatic carbocycles. The van der Waals surface area contributed by atoms with E-state index >= 15 is 0 Å². The second-order valence-electron chi connectivity index (χ2n) is 7.72. The van der Waals surface area contributed by atoms with Crippen molar-refractivity contribution in [1.82, 2.24) is 0 Å². The molecule has 1 atom stereocenters. The summed E-state index contributed by atoms with van der Waals surface area (Å²) >= 11 is 0. The van der Waals surface area contributed by atoms with Crippen LogP contribution in [0.15, 0.2) is 18.2 Å². The average Bonchev–Trinajstić information content (AvgIpc) is 2.81. The van der Waals surface area contributed by atoms with Gasteiger partial charge in [0, 0.05) is 42.9 Å². The minimum absolute atomic E-state index is 0.160. The molecule has 0 saturated carbocycles. The second kappa shape index (κ2) is 6.11. The Kier molecular flexibility index (Phi) is 4.28. The molecule has 2 heterocycles. The lowest BCUT2D eigenvalue weighted by Gasteiger charge is -2.25. The number of ether oxygens (including phenoxy) is 1. The zero-order chi connectivity index (χ0) is 17.5. The van der Waals surface area contributed by atoms with Crippen molar-refractivity contribution in [2.45, 2.75) is 51.6 Å². The van der Waals surface area contributed by atoms with Crippen molar-refractivity contribution in [2.75, 3.05) is 29.9 Å². The first-order valence-corrected chi connectivity index (χ1v) is 8.62. The van der Waals surface area contributed by atoms with Gasteiger partial charge >= 0.3 is 5.97 Å². The summed E-state index contributed by atoms with van der Waals surface area (Å²) in [6.45, 7) is 6.71. The summed E-state index contributed by atoms with van der Waals surface area (Å²) in [6, 6.07) is 6.01. The SMILES string of the molecule is CN1C(=O)CCCC2CN(CC(=O)OC(C)(C)C)c3cccc1c32. The second-order valence-corrected chi connectivity index (χ2v) is 7.72. The standard InChI is InChI=1S/C19H26N2O3/c1-19(2,3)24-17(23)12-21-11-13-7-5-10-16(22)20(4)14-8-6-9-15(21)18(13)14/h6,8-9,13H,5,7,10-12H2,1-4H3. The third kappa shape index (κ3) is 3.25. The highest BCUT2D eigenvalue weighted by Crippen LogP contribution is 2.45. The maximum atomic E-state index is 12.2. The number of rotatable bonds is 2. The van der Waals surface area contributed by atoms with Crippen molar-refractivity contribution in [3.8, 4) is 0 Å². The number of hydrogen-bond donors (Lipinski definition) is 0. The molecule has 3 rings (SSSR count). The summed E-state index contributed by atoms with van der Waals surface area (Å²) in [5.74, 6) is 0.320. The Balaban J connectivity index is 1.89. The molecule has 0 bridgehead atoms. The van der Waals surface area contributed by atoms with Crippen LogP contribution in [0.3, 0.4) is 0 Å². The molecule has 0 aromatic heterocycles. The summed E-state index contributed by atoms with van der Waals surface area (Å²) in [4.78, 5) is 28.3. The highest BCUT2D eigenvalue weighted by Gasteiger charge is 2.35. The molecule has 2 aliphatic heterocycles. The maximum Gasteiger partial charge on any atom is 0.326 e. The van der Waals surface area contributed by atoms with Gasteiger partial charge in [-0.2, -0.15) is 0 Å². The van der Waals surface area contributed by atoms with Gasteiger partial charge < -0.3 is 14.5 Å². The van der Waals surface area contributed by atoms with E-state index in [2.05, 4.69) is 4.90 Å². The van der Waals surface area contributed by atoms with Gasteiger partial charge in [-0.05, 0) is 45.7 Å². The molecule has 1 amide bonds. The summed E-state index contributed by atoms with van der Waals surface area (Å²) in [5, 5.41) is 0. The molecule has 1 unspecified atom stereocenters. The van der Waals surface area contributed by atoms with Crippen LogP contribution in [-0.4, -0.2) is 37.6 Å². The Bertz CT molecular complexity index is 663. The fourth-order valence-corrected chi connectivity index (χ4v) is 3.70. The number of carbonyl (C=O) groups is 2. The summed E-state index contributed by atoms with van der Waals surface area (Å²) in [5.41, 5.74) is 2.77. The van der Waals surface area contributed by atoms with Gasteiger partial charge in [-0.15, -0.1) is 0 Å². The number of benzene rings is 1. The fraction of sp³-hybridized carbons (Fsp3) is 0.579. The molecular formula is C19H26N2O3. The van der Waals surface area contributed by atoms with E-state index in [9.17, 15) is 9.59 Å². The van der Waals surface area contributed by atoms with Crippen LogP contribution >= 0.6 is 0 Å². The van der Waals surface area contributed by atoms with E-state index in [0.29, 0.717) is 12.3 Å². The van der Waals surface area contributed by atoms with Crippen molar-refractivity contribution in [2.24, 2.45) is 0 Å². The molecule has 1 aromatic rings. The molecular weight excluding hydrogens is 304 g/mol. The average molecular weight is 330 g/mol. The zero-order valence-electron chi connectivity index (χ0n) is 15.0. The van der Waals surface area contributed by atoms with E-state index in [1.165, 1.54) is 5.56 Å². The lowest BCUT2D eigenvalue weighted by atomic mass is 9.91. The van der Waals surface area contributed by atoms with Crippen molar-refractivity contribution in [1.29, 1.82) is 0 Å². The molecule has 0 saturated heterocycles. The van der Waals surface area contributed by atoms with Gasteiger partial charge in [-0.25, -0.2) is 0 Å². The highest BCUT2D eigenvalue weighted by molar-refractivity contribution is 5.95. The highest BCUT2D eigenvalue weighted by atomic mass is 16.6. The number of esters is 1. The first kappa shape index (κ1) is 16.8. The summed E-state index contributed by atoms with van der Waals surface area (Å²) in [7, 11) is 1.84. The van der Waals surface area contributed by atoms with Crippen molar-refractivity contribution in [3.63, 3.8) is 0 Å². The van der Waals surface area contributed by atoms with Gasteiger partial charge in [0.15, 0.2) is 0 Å². The lowest BCUT2D eigenvalue weighted by molar-refractivity contribution is -0.153. The minimum Gasteiger partial charge on any atom is -0.459 e. The molecule has 0 fully saturated rings. The van der Waals surface area contributed by atoms with Crippen molar-refractivity contribution in [3.05, 3.63) is 23.8 Å². The van der Waals surface area contributed by atoms with E-state index in [0.717, 1.165) is 30.8 Å². The normalized spacial score (nSPS) is 20.5. The molecule has 130 valence electrons. The number of hydrogen-bond acceptors (Lipinski definition) is 4. The monoisotopic (exact) mass is 330 g/mol. The molecule has 24 heavy (non-hydrogen) atoms. The van der Waals surface area contributed by atoms with Gasteiger partial charge in [0.1, 0.15) is 12.1 Å². The van der Waals surface area contributed by atoms with Gasteiger partial charge in [0.2, 0.25) is 5.91 Å². The van der Waals surface area contributed by atoms with Crippen LogP contribution in [0.25, 0.3) is 0 Å². The Morgan fingerprint density at radius 1 is 1.29 bits per heavy atom. The van der Waals surface area contributed by atoms with E-state index < -0.39 is 5.60 Å². The van der Waals surface area contributed by atoms with E-state index in [1.807, 2.05) is 46.0 Å². The molecule has 1 aromatic carbocycles. The predicted octanol–water partition coefficient (Wildman–Crippen LogP) is 3.08. The molecule has 0 radical (unpaired) electrons. The van der Waals surface area contributed by atoms with Crippen LogP contribution in [0.5, 0.6) is 0 Å². The number of anilines is 2. The Hall–Kier alpha value is -2.04. The lowest BCUT2D eigenvalue weighted by Crippen LogP contribution is -2.34. The first-order valence-electron chi connectivity index (χ1n) is 8.62. The molecule has 5 heteroatoms. The van der Waals surface area contributed by atoms with E-state index in [4.69, 9.17) is 4.74 Å². The van der Waals surface area contributed by atoms with Crippen LogP contribution in [0.4, 0.5) is 11.4 Å². The van der Waals surface area contributed by atoms with Crippen molar-refractivity contribution >= 4 is 23.3 Å². The van der Waals surface area contributed by atoms with Gasteiger partial charge in [0.25, 0.3) is 0 Å². The zero-order valence-corrected chi connectivity index (χ0v) is 15.0. The number of amides is 1. The molecule has 0 N–H and O–H groups in total. The van der Waals surface area contributed by atoms with Gasteiger partial charge in [-0.3, -0.25) is 9.59 Å². The van der Waals surface area contributed by atoms with Crippen LogP contribution < -0.4 is 9.80 Å². The largest absolute Gasteiger partial charge is 0.459 e. The van der Waals surface area contributed by atoms with E-state index in [-0.39, 0.29) is 18.4 Å². The smallest absolute Gasteiger partial charge is 0.326 e. The maximum absolute atomic E-state index is 12.2. The third-order valence-electron chi connectivity index (χ3n) is 4.67. The third-order valence-corrected chi connectivity index (χ3v) is 4.67. The van der Waals surface area contributed by atoms with Gasteiger partial charge in [0.05, 0.1) is 0 Å². The predicted molar refractivity (Wildman–Crippen MR) is 94.5 cm³/mol. The van der Waals surface area contributed by atoms with Crippen molar-refractivity contribution < 1.29 is 14.3 Å². The van der Waals surface area contributed by atoms with Crippen LogP contribution in [0.1, 0.15) is 51.5 Å². The van der Waals surface area contributed by atoms with Gasteiger partial charge in [-0.1, -0.05) is 6.07 Å². The van der Waals surface area contributed by atoms with Crippen LogP contribution in [0.2, 0.25) is 0 Å². The quantitative estimate of drug-likeness (QED) is 0.782. The number of carbonyl (C=O) groups excluding carboxylic acids is 2. The fourth-order valence-electron chi connectivity index (χ4n) is 3.70. The molecule has 2 aliphatic rings. The minimum atomic E-state index is -0.476. The Morgan fingerprint density at radius 3 is 2.71 bits per heavy atom. The van der Waals surface area contributed by atoms with Crippen LogP contribution in [-0.2, 0) is 14.3 Å².